The van der Waals surface area contributed by atoms with E-state index in [0.717, 1.165) is 30.9 Å². The van der Waals surface area contributed by atoms with E-state index in [9.17, 15) is 4.39 Å². The third kappa shape index (κ3) is 2.69. The summed E-state index contributed by atoms with van der Waals surface area (Å²) in [5.41, 5.74) is 0.842. The number of rotatable bonds is 3. The normalized spacial score (nSPS) is 20.5. The van der Waals surface area contributed by atoms with E-state index in [1.54, 1.807) is 6.07 Å². The molecule has 1 aliphatic rings. The third-order valence-corrected chi connectivity index (χ3v) is 2.64. The van der Waals surface area contributed by atoms with Gasteiger partial charge in [0, 0.05) is 12.5 Å². The zero-order valence-corrected chi connectivity index (χ0v) is 8.83. The Morgan fingerprint density at radius 1 is 1.53 bits per heavy atom. The van der Waals surface area contributed by atoms with Crippen LogP contribution in [0.2, 0.25) is 0 Å². The summed E-state index contributed by atoms with van der Waals surface area (Å²) in [5.74, 6) is 1.03. The van der Waals surface area contributed by atoms with Gasteiger partial charge in [0.2, 0.25) is 0 Å². The molecule has 0 amide bonds. The second-order valence-electron chi connectivity index (χ2n) is 3.95. The molecular formula is C12H15FO2. The van der Waals surface area contributed by atoms with Gasteiger partial charge in [-0.25, -0.2) is 4.39 Å². The lowest BCUT2D eigenvalue weighted by Crippen LogP contribution is -2.12. The molecule has 1 atom stereocenters. The fourth-order valence-corrected chi connectivity index (χ4v) is 1.70. The molecule has 0 spiro atoms. The second kappa shape index (κ2) is 4.62. The fraction of sp³-hybridized carbons (Fsp3) is 0.500. The molecule has 0 bridgehead atoms. The molecule has 1 aromatic carbocycles. The van der Waals surface area contributed by atoms with Crippen LogP contribution in [0, 0.1) is 18.7 Å². The molecule has 2 nitrogen and oxygen atoms in total. The lowest BCUT2D eigenvalue weighted by Gasteiger charge is -2.12. The maximum atomic E-state index is 12.8. The average molecular weight is 210 g/mol. The summed E-state index contributed by atoms with van der Waals surface area (Å²) < 4.78 is 23.7. The number of halogens is 1. The first-order valence-corrected chi connectivity index (χ1v) is 5.22. The van der Waals surface area contributed by atoms with Crippen molar-refractivity contribution in [3.05, 3.63) is 29.6 Å². The van der Waals surface area contributed by atoms with E-state index in [0.29, 0.717) is 12.5 Å². The highest BCUT2D eigenvalue weighted by molar-refractivity contribution is 5.32. The second-order valence-corrected chi connectivity index (χ2v) is 3.95. The van der Waals surface area contributed by atoms with E-state index in [1.165, 1.54) is 12.1 Å². The topological polar surface area (TPSA) is 18.5 Å². The first kappa shape index (κ1) is 10.4. The number of benzene rings is 1. The monoisotopic (exact) mass is 210 g/mol. The Morgan fingerprint density at radius 3 is 3.07 bits per heavy atom. The van der Waals surface area contributed by atoms with Crippen molar-refractivity contribution in [2.24, 2.45) is 5.92 Å². The standard InChI is InChI=1S/C12H15FO2/c1-9-6-11(13)2-3-12(9)15-8-10-4-5-14-7-10/h2-3,6,10H,4-5,7-8H2,1H3. The van der Waals surface area contributed by atoms with Gasteiger partial charge in [-0.05, 0) is 37.1 Å². The van der Waals surface area contributed by atoms with Crippen LogP contribution < -0.4 is 4.74 Å². The number of ether oxygens (including phenoxy) is 2. The van der Waals surface area contributed by atoms with Gasteiger partial charge < -0.3 is 9.47 Å². The molecule has 0 radical (unpaired) electrons. The van der Waals surface area contributed by atoms with Crippen molar-refractivity contribution < 1.29 is 13.9 Å². The minimum atomic E-state index is -0.218. The Labute approximate surface area is 89.0 Å². The lowest BCUT2D eigenvalue weighted by molar-refractivity contribution is 0.167. The van der Waals surface area contributed by atoms with Crippen molar-refractivity contribution >= 4 is 0 Å². The summed E-state index contributed by atoms with van der Waals surface area (Å²) in [6.07, 6.45) is 1.06. The first-order valence-electron chi connectivity index (χ1n) is 5.22. The molecule has 0 aliphatic carbocycles. The van der Waals surface area contributed by atoms with Crippen LogP contribution in [0.3, 0.4) is 0 Å². The molecule has 0 saturated carbocycles. The zero-order chi connectivity index (χ0) is 10.7. The van der Waals surface area contributed by atoms with Gasteiger partial charge in [0.05, 0.1) is 13.2 Å². The van der Waals surface area contributed by atoms with Crippen molar-refractivity contribution in [2.45, 2.75) is 13.3 Å². The molecule has 1 heterocycles. The quantitative estimate of drug-likeness (QED) is 0.763. The average Bonchev–Trinajstić information content (AvgIpc) is 2.69. The first-order chi connectivity index (χ1) is 7.25. The minimum absolute atomic E-state index is 0.218. The summed E-state index contributed by atoms with van der Waals surface area (Å²) in [7, 11) is 0. The number of aryl methyl sites for hydroxylation is 1. The molecule has 82 valence electrons. The van der Waals surface area contributed by atoms with Gasteiger partial charge in [-0.1, -0.05) is 0 Å². The van der Waals surface area contributed by atoms with Crippen molar-refractivity contribution in [2.75, 3.05) is 19.8 Å². The molecule has 1 aliphatic heterocycles. The summed E-state index contributed by atoms with van der Waals surface area (Å²) in [6, 6.07) is 4.59. The smallest absolute Gasteiger partial charge is 0.123 e. The van der Waals surface area contributed by atoms with Crippen LogP contribution in [-0.2, 0) is 4.74 Å². The lowest BCUT2D eigenvalue weighted by atomic mass is 10.1. The molecule has 1 unspecified atom stereocenters. The Hall–Kier alpha value is -1.09. The van der Waals surface area contributed by atoms with Crippen molar-refractivity contribution in [3.8, 4) is 5.75 Å². The number of hydrogen-bond acceptors (Lipinski definition) is 2. The largest absolute Gasteiger partial charge is 0.493 e. The predicted molar refractivity (Wildman–Crippen MR) is 55.6 cm³/mol. The van der Waals surface area contributed by atoms with Gasteiger partial charge in [-0.2, -0.15) is 0 Å². The van der Waals surface area contributed by atoms with Gasteiger partial charge in [-0.15, -0.1) is 0 Å². The SMILES string of the molecule is Cc1cc(F)ccc1OCC1CCOC1. The minimum Gasteiger partial charge on any atom is -0.493 e. The van der Waals surface area contributed by atoms with Crippen molar-refractivity contribution in [1.29, 1.82) is 0 Å². The van der Waals surface area contributed by atoms with Gasteiger partial charge in [0.15, 0.2) is 0 Å². The fourth-order valence-electron chi connectivity index (χ4n) is 1.70. The zero-order valence-electron chi connectivity index (χ0n) is 8.83. The maximum absolute atomic E-state index is 12.8. The Morgan fingerprint density at radius 2 is 2.40 bits per heavy atom. The molecular weight excluding hydrogens is 195 g/mol. The van der Waals surface area contributed by atoms with Gasteiger partial charge in [-0.3, -0.25) is 0 Å². The summed E-state index contributed by atoms with van der Waals surface area (Å²) in [6.45, 7) is 4.12. The summed E-state index contributed by atoms with van der Waals surface area (Å²) in [5, 5.41) is 0. The van der Waals surface area contributed by atoms with Crippen molar-refractivity contribution in [3.63, 3.8) is 0 Å². The summed E-state index contributed by atoms with van der Waals surface area (Å²) >= 11 is 0. The Kier molecular flexibility index (Phi) is 3.21. The molecule has 1 aromatic rings. The molecule has 2 rings (SSSR count). The summed E-state index contributed by atoms with van der Waals surface area (Å²) in [4.78, 5) is 0. The molecule has 15 heavy (non-hydrogen) atoms. The Balaban J connectivity index is 1.92. The highest BCUT2D eigenvalue weighted by Crippen LogP contribution is 2.20. The van der Waals surface area contributed by atoms with Crippen LogP contribution in [0.25, 0.3) is 0 Å². The predicted octanol–water partition coefficient (Wildman–Crippen LogP) is 2.55. The van der Waals surface area contributed by atoms with Crippen LogP contribution in [0.4, 0.5) is 4.39 Å². The highest BCUT2D eigenvalue weighted by Gasteiger charge is 2.16. The maximum Gasteiger partial charge on any atom is 0.123 e. The van der Waals surface area contributed by atoms with E-state index in [1.807, 2.05) is 6.92 Å². The molecule has 0 N–H and O–H groups in total. The molecule has 0 aromatic heterocycles. The highest BCUT2D eigenvalue weighted by atomic mass is 19.1. The van der Waals surface area contributed by atoms with E-state index in [-0.39, 0.29) is 5.82 Å². The van der Waals surface area contributed by atoms with E-state index in [2.05, 4.69) is 0 Å². The Bertz CT molecular complexity index is 332. The van der Waals surface area contributed by atoms with Crippen LogP contribution in [0.1, 0.15) is 12.0 Å². The van der Waals surface area contributed by atoms with Crippen LogP contribution in [-0.4, -0.2) is 19.8 Å². The van der Waals surface area contributed by atoms with Crippen LogP contribution in [0.15, 0.2) is 18.2 Å². The number of hydrogen-bond donors (Lipinski definition) is 0. The van der Waals surface area contributed by atoms with Gasteiger partial charge in [0.1, 0.15) is 11.6 Å². The van der Waals surface area contributed by atoms with E-state index in [4.69, 9.17) is 9.47 Å². The van der Waals surface area contributed by atoms with Gasteiger partial charge in [0.25, 0.3) is 0 Å². The third-order valence-electron chi connectivity index (χ3n) is 2.64. The van der Waals surface area contributed by atoms with Crippen molar-refractivity contribution in [1.82, 2.24) is 0 Å². The van der Waals surface area contributed by atoms with E-state index >= 15 is 0 Å². The molecule has 1 fully saturated rings. The molecule has 1 saturated heterocycles. The molecule has 3 heteroatoms. The van der Waals surface area contributed by atoms with Gasteiger partial charge >= 0.3 is 0 Å². The van der Waals surface area contributed by atoms with E-state index < -0.39 is 0 Å². The van der Waals surface area contributed by atoms with Crippen LogP contribution >= 0.6 is 0 Å². The van der Waals surface area contributed by atoms with Crippen LogP contribution in [0.5, 0.6) is 5.75 Å².